The Labute approximate surface area is 267 Å². The summed E-state index contributed by atoms with van der Waals surface area (Å²) in [5.74, 6) is 0. The van der Waals surface area contributed by atoms with E-state index in [1.807, 2.05) is 30.3 Å². The molecular formula is C41H34SiTi-2. The Morgan fingerprint density at radius 1 is 0.605 bits per heavy atom. The Morgan fingerprint density at radius 2 is 1.07 bits per heavy atom. The number of rotatable bonds is 1. The van der Waals surface area contributed by atoms with Crippen molar-refractivity contribution in [2.75, 3.05) is 0 Å². The molecule has 43 heavy (non-hydrogen) atoms. The van der Waals surface area contributed by atoms with Crippen LogP contribution >= 0.6 is 0 Å². The van der Waals surface area contributed by atoms with Crippen molar-refractivity contribution in [2.24, 2.45) is 0 Å². The van der Waals surface area contributed by atoms with E-state index >= 15 is 0 Å². The summed E-state index contributed by atoms with van der Waals surface area (Å²) in [5, 5.41) is 6.05. The normalized spacial score (nSPS) is 14.8. The summed E-state index contributed by atoms with van der Waals surface area (Å²) in [6, 6.07) is 28.9. The third-order valence-electron chi connectivity index (χ3n) is 9.29. The maximum Gasteiger partial charge on any atom is -0.0664 e. The molecule has 9 rings (SSSR count). The second-order valence-corrected chi connectivity index (χ2v) is 13.9. The van der Waals surface area contributed by atoms with Crippen molar-refractivity contribution in [3.8, 4) is 0 Å². The molecule has 0 nitrogen and oxygen atoms in total. The van der Waals surface area contributed by atoms with E-state index in [9.17, 15) is 0 Å². The van der Waals surface area contributed by atoms with E-state index in [1.54, 1.807) is 47.6 Å². The topological polar surface area (TPSA) is 0 Å². The molecule has 5 aromatic rings. The minimum absolute atomic E-state index is 0.435. The van der Waals surface area contributed by atoms with Crippen LogP contribution in [0.15, 0.2) is 90.0 Å². The van der Waals surface area contributed by atoms with Gasteiger partial charge in [0.25, 0.3) is 0 Å². The van der Waals surface area contributed by atoms with Gasteiger partial charge in [0.1, 0.15) is 0 Å². The van der Waals surface area contributed by atoms with Gasteiger partial charge < -0.3 is 6.92 Å². The van der Waals surface area contributed by atoms with Crippen LogP contribution in [0.3, 0.4) is 0 Å². The fourth-order valence-electron chi connectivity index (χ4n) is 7.40. The Balaban J connectivity index is 0.000000260. The molecule has 0 aliphatic heterocycles. The second kappa shape index (κ2) is 11.6. The summed E-state index contributed by atoms with van der Waals surface area (Å²) in [6.45, 7) is 9.70. The molecule has 0 aromatic heterocycles. The van der Waals surface area contributed by atoms with Crippen molar-refractivity contribution in [2.45, 2.75) is 46.5 Å². The van der Waals surface area contributed by atoms with E-state index in [2.05, 4.69) is 97.0 Å². The molecule has 0 N–H and O–H groups in total. The van der Waals surface area contributed by atoms with Gasteiger partial charge in [0.05, 0.1) is 0 Å². The standard InChI is InChI=1S/2C16H12.C7H5Si.C2H5.Ti/c2*1-10-7-13-9-12-6-5-11-3-2-4-14(16(11)12)15(13)8-10;8-6-7-4-2-1-3-5-7;1-2;/h2*2-4,8-9H,5-6H2,1H3;1-5H;1H2,2H3;/q;;2*-1;. The predicted octanol–water partition coefficient (Wildman–Crippen LogP) is 8.57. The summed E-state index contributed by atoms with van der Waals surface area (Å²) in [6.07, 6.45) is 9.77. The third kappa shape index (κ3) is 4.74. The molecule has 5 aromatic carbocycles. The smallest absolute Gasteiger partial charge is 0.0664 e. The second-order valence-electron chi connectivity index (χ2n) is 11.7. The van der Waals surface area contributed by atoms with Crippen LogP contribution in [0, 0.1) is 6.92 Å². The van der Waals surface area contributed by atoms with Gasteiger partial charge in [-0.1, -0.05) is 15.9 Å². The van der Waals surface area contributed by atoms with Crippen molar-refractivity contribution < 1.29 is 18.2 Å². The molecule has 208 valence electrons. The van der Waals surface area contributed by atoms with Crippen molar-refractivity contribution in [3.05, 3.63) is 147 Å². The van der Waals surface area contributed by atoms with E-state index in [0.29, 0.717) is 0 Å². The van der Waals surface area contributed by atoms with Crippen molar-refractivity contribution >= 4 is 56.8 Å². The molecule has 4 aliphatic rings. The quantitative estimate of drug-likeness (QED) is 0.133. The van der Waals surface area contributed by atoms with E-state index in [4.69, 9.17) is 0 Å². The van der Waals surface area contributed by atoms with Crippen molar-refractivity contribution in [1.29, 1.82) is 0 Å². The van der Waals surface area contributed by atoms with Crippen LogP contribution in [-0.2, 0) is 43.9 Å². The molecule has 0 unspecified atom stereocenters. The van der Waals surface area contributed by atoms with Gasteiger partial charge in [-0.05, 0) is 0 Å². The SMILES string of the molecule is CC1=Cc2c(cc3c4c(cccc24)CC3)[C]1=[Ti]=[C]1C(C)=Cc2c1cc1c3c(cccc23)CC1.[CH2-]C.[Si]=[C-]c1ccccc1. The zero-order chi connectivity index (χ0) is 29.7. The maximum absolute atomic E-state index is 3.25. The summed E-state index contributed by atoms with van der Waals surface area (Å²) in [5.41, 5.74) is 19.2. The monoisotopic (exact) mass is 602 g/mol. The van der Waals surface area contributed by atoms with Gasteiger partial charge in [-0.25, -0.2) is 0 Å². The predicted molar refractivity (Wildman–Crippen MR) is 186 cm³/mol. The first-order valence-electron chi connectivity index (χ1n) is 15.3. The molecule has 2 radical (unpaired) electrons. The van der Waals surface area contributed by atoms with Crippen molar-refractivity contribution in [3.63, 3.8) is 0 Å². The van der Waals surface area contributed by atoms with Crippen LogP contribution in [0.1, 0.15) is 70.8 Å². The molecule has 0 bridgehead atoms. The molecule has 0 fully saturated rings. The van der Waals surface area contributed by atoms with Crippen LogP contribution in [0.5, 0.6) is 0 Å². The first-order valence-corrected chi connectivity index (χ1v) is 17.4. The Kier molecular flexibility index (Phi) is 7.68. The number of fused-ring (bicyclic) bond motifs is 4. The number of aryl methyl sites for hydroxylation is 4. The van der Waals surface area contributed by atoms with Gasteiger partial charge in [-0.15, -0.1) is 12.1 Å². The van der Waals surface area contributed by atoms with E-state index in [0.717, 1.165) is 5.56 Å². The summed E-state index contributed by atoms with van der Waals surface area (Å²) in [4.78, 5) is 0. The minimum Gasteiger partial charge on any atom is -0.346 e. The zero-order valence-corrected chi connectivity index (χ0v) is 27.8. The van der Waals surface area contributed by atoms with Crippen LogP contribution in [0.4, 0.5) is 0 Å². The van der Waals surface area contributed by atoms with Crippen molar-refractivity contribution in [1.82, 2.24) is 0 Å². The Bertz CT molecular complexity index is 1970. The maximum atomic E-state index is 3.25. The van der Waals surface area contributed by atoms with Crippen LogP contribution in [-0.4, -0.2) is 23.1 Å². The fraction of sp³-hybridized carbons (Fsp3) is 0.171. The van der Waals surface area contributed by atoms with E-state index in [-0.39, 0.29) is 0 Å². The van der Waals surface area contributed by atoms with Gasteiger partial charge in [-0.3, -0.25) is 0 Å². The van der Waals surface area contributed by atoms with Crippen LogP contribution < -0.4 is 0 Å². The molecular weight excluding hydrogens is 568 g/mol. The average Bonchev–Trinajstić information content (AvgIpc) is 3.82. The molecule has 0 saturated heterocycles. The number of benzene rings is 5. The van der Waals surface area contributed by atoms with Gasteiger partial charge in [-0.2, -0.15) is 30.3 Å². The van der Waals surface area contributed by atoms with Gasteiger partial charge in [0, 0.05) is 0 Å². The number of hydrogen-bond acceptors (Lipinski definition) is 0. The van der Waals surface area contributed by atoms with Gasteiger partial charge in [0.2, 0.25) is 0 Å². The first-order chi connectivity index (χ1) is 21.1. The summed E-state index contributed by atoms with van der Waals surface area (Å²) in [7, 11) is 3.15. The molecule has 4 aliphatic carbocycles. The molecule has 2 heteroatoms. The zero-order valence-electron chi connectivity index (χ0n) is 25.2. The fourth-order valence-corrected chi connectivity index (χ4v) is 9.87. The molecule has 0 spiro atoms. The van der Waals surface area contributed by atoms with E-state index < -0.39 is 18.2 Å². The number of allylic oxidation sites excluding steroid dienone is 2. The summed E-state index contributed by atoms with van der Waals surface area (Å²) >= 11 is -0.435. The van der Waals surface area contributed by atoms with Gasteiger partial charge >= 0.3 is 203 Å². The average molecular weight is 603 g/mol. The van der Waals surface area contributed by atoms with Crippen LogP contribution in [0.2, 0.25) is 0 Å². The minimum atomic E-state index is -0.435. The largest absolute Gasteiger partial charge is 0.346 e. The number of hydrogen-bond donors (Lipinski definition) is 0. The Hall–Kier alpha value is -3.36. The van der Waals surface area contributed by atoms with E-state index in [1.165, 1.54) is 69.9 Å². The summed E-state index contributed by atoms with van der Waals surface area (Å²) < 4.78 is 3.31. The molecule has 0 atom stereocenters. The first kappa shape index (κ1) is 28.4. The molecule has 0 amide bonds. The van der Waals surface area contributed by atoms with Crippen LogP contribution in [0.25, 0.3) is 33.7 Å². The van der Waals surface area contributed by atoms with Gasteiger partial charge in [0.15, 0.2) is 0 Å². The molecule has 0 saturated carbocycles. The molecule has 0 heterocycles. The Morgan fingerprint density at radius 3 is 1.51 bits per heavy atom. The third-order valence-corrected chi connectivity index (χ3v) is 12.4.